The number of carbonyl (C=O) groups excluding carboxylic acids is 2. The Bertz CT molecular complexity index is 2240. The molecular weight excluding hydrogens is 908 g/mol. The molecule has 0 aliphatic carbocycles. The molecule has 3 heterocycles. The van der Waals surface area contributed by atoms with Crippen LogP contribution in [0, 0.1) is 0 Å². The zero-order chi connectivity index (χ0) is 49.4. The number of ether oxygens (including phenoxy) is 9. The van der Waals surface area contributed by atoms with Gasteiger partial charge in [0.25, 0.3) is 0 Å². The van der Waals surface area contributed by atoms with Crippen LogP contribution >= 0.6 is 0 Å². The van der Waals surface area contributed by atoms with Crippen LogP contribution in [0.5, 0.6) is 34.5 Å². The van der Waals surface area contributed by atoms with Crippen molar-refractivity contribution in [3.05, 3.63) is 83.4 Å². The van der Waals surface area contributed by atoms with E-state index in [2.05, 4.69) is 0 Å². The number of phenols is 5. The number of benzene rings is 3. The maximum Gasteiger partial charge on any atom is 0.331 e. The SMILES string of the molecule is COc1cc(C=CC(=O)OCC2OC(OC3C(C)OC(OC4C(O)C(OCCc5ccc(O)c(O)c5)OC(CO)C4OC(=O)C=Cc4ccc(O)c(O)c4)C(O)C3O)C(O)C(O)C2O)ccc1O. The summed E-state index contributed by atoms with van der Waals surface area (Å²) in [7, 11) is 1.35. The van der Waals surface area contributed by atoms with Crippen molar-refractivity contribution in [1.82, 2.24) is 0 Å². The molecule has 0 aromatic heterocycles. The fraction of sp³-hybridized carbons (Fsp3) is 0.467. The Morgan fingerprint density at radius 2 is 1.19 bits per heavy atom. The van der Waals surface area contributed by atoms with Crippen LogP contribution in [0.25, 0.3) is 12.2 Å². The van der Waals surface area contributed by atoms with E-state index in [1.807, 2.05) is 0 Å². The third-order valence-corrected chi connectivity index (χ3v) is 11.2. The van der Waals surface area contributed by atoms with Gasteiger partial charge in [0.05, 0.1) is 26.4 Å². The summed E-state index contributed by atoms with van der Waals surface area (Å²) < 4.78 is 50.8. The van der Waals surface area contributed by atoms with E-state index < -0.39 is 129 Å². The van der Waals surface area contributed by atoms with E-state index in [4.69, 9.17) is 42.6 Å². The molecule has 0 bridgehead atoms. The van der Waals surface area contributed by atoms with E-state index in [0.717, 1.165) is 18.2 Å². The topological polar surface area (TPSA) is 360 Å². The summed E-state index contributed by atoms with van der Waals surface area (Å²) in [5, 5.41) is 126. The molecule has 15 unspecified atom stereocenters. The van der Waals surface area contributed by atoms with E-state index in [9.17, 15) is 70.9 Å². The van der Waals surface area contributed by atoms with Crippen molar-refractivity contribution in [1.29, 1.82) is 0 Å². The number of aliphatic hydroxyl groups is 7. The quantitative estimate of drug-likeness (QED) is 0.0429. The monoisotopic (exact) mass is 962 g/mol. The first-order valence-electron chi connectivity index (χ1n) is 21.1. The van der Waals surface area contributed by atoms with Gasteiger partial charge in [-0.25, -0.2) is 9.59 Å². The van der Waals surface area contributed by atoms with Crippen molar-refractivity contribution >= 4 is 24.1 Å². The molecule has 6 rings (SSSR count). The van der Waals surface area contributed by atoms with Crippen molar-refractivity contribution in [3.63, 3.8) is 0 Å². The molecule has 372 valence electrons. The van der Waals surface area contributed by atoms with E-state index in [1.165, 1.54) is 74.7 Å². The summed E-state index contributed by atoms with van der Waals surface area (Å²) in [5.74, 6) is -3.55. The van der Waals surface area contributed by atoms with Crippen molar-refractivity contribution in [2.45, 2.75) is 105 Å². The summed E-state index contributed by atoms with van der Waals surface area (Å²) >= 11 is 0. The van der Waals surface area contributed by atoms with Crippen molar-refractivity contribution < 1.29 is 113 Å². The minimum Gasteiger partial charge on any atom is -0.504 e. The van der Waals surface area contributed by atoms with E-state index >= 15 is 0 Å². The predicted molar refractivity (Wildman–Crippen MR) is 227 cm³/mol. The largest absolute Gasteiger partial charge is 0.504 e. The van der Waals surface area contributed by atoms with Gasteiger partial charge in [0, 0.05) is 12.2 Å². The number of esters is 2. The lowest BCUT2D eigenvalue weighted by Gasteiger charge is -2.48. The first kappa shape index (κ1) is 51.7. The number of phenolic OH excluding ortho intramolecular Hbond substituents is 5. The van der Waals surface area contributed by atoms with Gasteiger partial charge < -0.3 is 104 Å². The average Bonchev–Trinajstić information content (AvgIpc) is 3.31. The molecule has 3 aromatic rings. The van der Waals surface area contributed by atoms with Gasteiger partial charge in [-0.3, -0.25) is 0 Å². The van der Waals surface area contributed by atoms with Gasteiger partial charge in [-0.05, 0) is 78.6 Å². The van der Waals surface area contributed by atoms with Gasteiger partial charge in [-0.15, -0.1) is 0 Å². The van der Waals surface area contributed by atoms with Gasteiger partial charge in [0.1, 0.15) is 67.6 Å². The number of rotatable bonds is 17. The summed E-state index contributed by atoms with van der Waals surface area (Å²) in [6.07, 6.45) is -21.2. The first-order valence-corrected chi connectivity index (χ1v) is 21.1. The highest BCUT2D eigenvalue weighted by molar-refractivity contribution is 5.88. The summed E-state index contributed by atoms with van der Waals surface area (Å²) in [4.78, 5) is 25.7. The van der Waals surface area contributed by atoms with Gasteiger partial charge in [0.2, 0.25) is 0 Å². The van der Waals surface area contributed by atoms with Crippen LogP contribution in [0.3, 0.4) is 0 Å². The Labute approximate surface area is 387 Å². The van der Waals surface area contributed by atoms with E-state index in [-0.39, 0.29) is 41.6 Å². The van der Waals surface area contributed by atoms with Crippen LogP contribution in [0.15, 0.2) is 66.7 Å². The zero-order valence-corrected chi connectivity index (χ0v) is 36.4. The number of aliphatic hydroxyl groups excluding tert-OH is 7. The molecule has 23 nitrogen and oxygen atoms in total. The number of aromatic hydroxyl groups is 5. The van der Waals surface area contributed by atoms with Gasteiger partial charge >= 0.3 is 11.9 Å². The van der Waals surface area contributed by atoms with Crippen LogP contribution in [0.2, 0.25) is 0 Å². The van der Waals surface area contributed by atoms with Crippen molar-refractivity contribution in [3.8, 4) is 34.5 Å². The smallest absolute Gasteiger partial charge is 0.331 e. The molecule has 12 N–H and O–H groups in total. The van der Waals surface area contributed by atoms with Gasteiger partial charge in [0.15, 0.2) is 59.5 Å². The molecule has 23 heteroatoms. The van der Waals surface area contributed by atoms with Crippen LogP contribution in [0.4, 0.5) is 0 Å². The second-order valence-electron chi connectivity index (χ2n) is 15.9. The molecule has 0 saturated carbocycles. The Balaban J connectivity index is 1.13. The van der Waals surface area contributed by atoms with Crippen molar-refractivity contribution in [2.75, 3.05) is 26.9 Å². The fourth-order valence-corrected chi connectivity index (χ4v) is 7.43. The van der Waals surface area contributed by atoms with E-state index in [1.54, 1.807) is 0 Å². The molecule has 0 spiro atoms. The average molecular weight is 963 g/mol. The molecule has 0 radical (unpaired) electrons. The highest BCUT2D eigenvalue weighted by Gasteiger charge is 2.54. The number of carbonyl (C=O) groups is 2. The maximum atomic E-state index is 13.2. The van der Waals surface area contributed by atoms with Crippen LogP contribution in [0.1, 0.15) is 23.6 Å². The lowest BCUT2D eigenvalue weighted by atomic mass is 9.96. The van der Waals surface area contributed by atoms with E-state index in [0.29, 0.717) is 11.1 Å². The number of hydrogen-bond acceptors (Lipinski definition) is 23. The number of hydrogen-bond donors (Lipinski definition) is 12. The normalized spacial score (nSPS) is 32.0. The third kappa shape index (κ3) is 12.5. The predicted octanol–water partition coefficient (Wildman–Crippen LogP) is -1.21. The Hall–Kier alpha value is -5.64. The Kier molecular flexibility index (Phi) is 17.6. The molecule has 0 amide bonds. The van der Waals surface area contributed by atoms with Gasteiger partial charge in [-0.2, -0.15) is 0 Å². The first-order chi connectivity index (χ1) is 32.4. The second-order valence-corrected chi connectivity index (χ2v) is 15.9. The standard InChI is InChI=1S/C45H54O23/c1-20-40(67-45-37(57)35(55)34(54)31(65-45)19-62-32(52)11-6-22-5-10-26(49)29(17-22)60-2)36(56)38(58)44(63-20)68-42-39(59)43(61-14-13-23-4-9-25(48)28(51)16-23)64-30(18-46)41(42)66-33(53)12-7-21-3-8-24(47)27(50)15-21/h3-12,15-17,20,30-31,34-51,54-59H,13-14,18-19H2,1-2H3. The Morgan fingerprint density at radius 1 is 0.603 bits per heavy atom. The van der Waals surface area contributed by atoms with Crippen LogP contribution in [-0.2, 0) is 53.9 Å². The van der Waals surface area contributed by atoms with Gasteiger partial charge in [-0.1, -0.05) is 18.2 Å². The van der Waals surface area contributed by atoms with Crippen molar-refractivity contribution in [2.24, 2.45) is 0 Å². The molecule has 3 aromatic carbocycles. The molecular formula is C45H54O23. The summed E-state index contributed by atoms with van der Waals surface area (Å²) in [6, 6.07) is 12.1. The molecule has 15 atom stereocenters. The highest BCUT2D eigenvalue weighted by Crippen LogP contribution is 2.35. The minimum absolute atomic E-state index is 0.121. The molecule has 3 aliphatic heterocycles. The molecule has 3 fully saturated rings. The molecule has 3 saturated heterocycles. The number of methoxy groups -OCH3 is 1. The maximum absolute atomic E-state index is 13.2. The van der Waals surface area contributed by atoms with Crippen LogP contribution in [-0.4, -0.2) is 192 Å². The summed E-state index contributed by atoms with van der Waals surface area (Å²) in [5.41, 5.74) is 1.25. The molecule has 68 heavy (non-hydrogen) atoms. The zero-order valence-electron chi connectivity index (χ0n) is 36.4. The lowest BCUT2D eigenvalue weighted by molar-refractivity contribution is -0.376. The molecule has 3 aliphatic rings. The van der Waals surface area contributed by atoms with Crippen LogP contribution < -0.4 is 4.74 Å². The third-order valence-electron chi connectivity index (χ3n) is 11.2. The highest BCUT2D eigenvalue weighted by atomic mass is 16.8. The fourth-order valence-electron chi connectivity index (χ4n) is 7.43. The summed E-state index contributed by atoms with van der Waals surface area (Å²) in [6.45, 7) is -0.302. The lowest BCUT2D eigenvalue weighted by Crippen LogP contribution is -2.66. The Morgan fingerprint density at radius 3 is 1.85 bits per heavy atom. The second kappa shape index (κ2) is 23.1. The minimum atomic E-state index is -2.04.